The fourth-order valence-corrected chi connectivity index (χ4v) is 5.74. The number of halogens is 2. The van der Waals surface area contributed by atoms with E-state index in [1.54, 1.807) is 54.6 Å². The molecule has 0 unspecified atom stereocenters. The van der Waals surface area contributed by atoms with Gasteiger partial charge in [-0.3, -0.25) is 9.10 Å². The number of hydrogen-bond acceptors (Lipinski definition) is 4. The minimum absolute atomic E-state index is 0.0217. The van der Waals surface area contributed by atoms with Crippen LogP contribution in [0.15, 0.2) is 102 Å². The summed E-state index contributed by atoms with van der Waals surface area (Å²) in [6.45, 7) is 0.238. The normalized spacial score (nSPS) is 11.1. The molecule has 190 valence electrons. The number of nitrogens with one attached hydrogen (secondary N) is 1. The van der Waals surface area contributed by atoms with Crippen LogP contribution in [0.4, 0.5) is 5.69 Å². The van der Waals surface area contributed by atoms with Gasteiger partial charge in [0, 0.05) is 22.2 Å². The first kappa shape index (κ1) is 26.5. The molecule has 0 atom stereocenters. The largest absolute Gasteiger partial charge is 0.495 e. The van der Waals surface area contributed by atoms with E-state index < -0.39 is 15.9 Å². The van der Waals surface area contributed by atoms with Gasteiger partial charge in [-0.25, -0.2) is 8.42 Å². The van der Waals surface area contributed by atoms with E-state index in [1.165, 1.54) is 23.5 Å². The molecule has 0 aliphatic heterocycles. The Labute approximate surface area is 226 Å². The van der Waals surface area contributed by atoms with Crippen LogP contribution in [0.3, 0.4) is 0 Å². The van der Waals surface area contributed by atoms with Crippen LogP contribution >= 0.6 is 23.2 Å². The lowest BCUT2D eigenvalue weighted by Crippen LogP contribution is -2.31. The Balaban J connectivity index is 1.65. The average molecular weight is 555 g/mol. The zero-order valence-electron chi connectivity index (χ0n) is 19.9. The summed E-state index contributed by atoms with van der Waals surface area (Å²) in [5.41, 5.74) is 2.08. The van der Waals surface area contributed by atoms with Gasteiger partial charge < -0.3 is 10.1 Å². The molecule has 4 rings (SSSR count). The molecule has 0 saturated heterocycles. The van der Waals surface area contributed by atoms with E-state index in [1.807, 2.05) is 30.3 Å². The molecule has 0 bridgehead atoms. The monoisotopic (exact) mass is 554 g/mol. The molecule has 0 heterocycles. The van der Waals surface area contributed by atoms with Crippen LogP contribution in [0.1, 0.15) is 21.5 Å². The third-order valence-electron chi connectivity index (χ3n) is 5.66. The van der Waals surface area contributed by atoms with Crippen LogP contribution in [0.2, 0.25) is 10.0 Å². The number of nitrogens with zero attached hydrogens (tertiary/aromatic N) is 1. The number of carbonyl (C=O) groups excluding carboxylic acids is 1. The number of rotatable bonds is 9. The maximum Gasteiger partial charge on any atom is 0.264 e. The zero-order valence-corrected chi connectivity index (χ0v) is 22.2. The highest BCUT2D eigenvalue weighted by Gasteiger charge is 2.28. The van der Waals surface area contributed by atoms with E-state index in [4.69, 9.17) is 27.9 Å². The Bertz CT molecular complexity index is 1510. The van der Waals surface area contributed by atoms with Crippen molar-refractivity contribution in [2.75, 3.05) is 11.4 Å². The van der Waals surface area contributed by atoms with Gasteiger partial charge in [-0.15, -0.1) is 0 Å². The van der Waals surface area contributed by atoms with Gasteiger partial charge in [0.2, 0.25) is 0 Å². The second-order valence-corrected chi connectivity index (χ2v) is 10.8. The fourth-order valence-electron chi connectivity index (χ4n) is 3.75. The number of anilines is 1. The van der Waals surface area contributed by atoms with Crippen molar-refractivity contribution in [1.82, 2.24) is 5.32 Å². The molecular formula is C28H24Cl2N2O4S. The van der Waals surface area contributed by atoms with E-state index in [0.717, 1.165) is 5.56 Å². The molecule has 0 aliphatic carbocycles. The van der Waals surface area contributed by atoms with Gasteiger partial charge >= 0.3 is 0 Å². The van der Waals surface area contributed by atoms with E-state index in [9.17, 15) is 13.2 Å². The van der Waals surface area contributed by atoms with Crippen molar-refractivity contribution >= 4 is 44.8 Å². The lowest BCUT2D eigenvalue weighted by Gasteiger charge is -2.26. The maximum absolute atomic E-state index is 13.9. The van der Waals surface area contributed by atoms with Crippen molar-refractivity contribution in [3.63, 3.8) is 0 Å². The Morgan fingerprint density at radius 3 is 2.35 bits per heavy atom. The average Bonchev–Trinajstić information content (AvgIpc) is 2.91. The molecule has 0 aliphatic rings. The first-order valence-corrected chi connectivity index (χ1v) is 13.5. The summed E-state index contributed by atoms with van der Waals surface area (Å²) < 4.78 is 34.6. The molecule has 0 fully saturated rings. The van der Waals surface area contributed by atoms with Crippen LogP contribution in [0, 0.1) is 0 Å². The van der Waals surface area contributed by atoms with Crippen molar-refractivity contribution in [3.8, 4) is 5.75 Å². The standard InChI is InChI=1S/C28H24Cl2N2O4S/c1-36-27-13-6-5-12-26(27)32(19-20-8-3-2-4-9-20)37(34,35)24-11-7-10-21(16-24)28(33)31-18-22-14-15-23(29)17-25(22)30/h2-17H,18-19H2,1H3,(H,31,33). The van der Waals surface area contributed by atoms with Crippen molar-refractivity contribution < 1.29 is 17.9 Å². The van der Waals surface area contributed by atoms with Gasteiger partial charge in [0.1, 0.15) is 5.75 Å². The number of sulfonamides is 1. The van der Waals surface area contributed by atoms with E-state index in [0.29, 0.717) is 27.0 Å². The van der Waals surface area contributed by atoms with Crippen molar-refractivity contribution in [2.45, 2.75) is 18.0 Å². The van der Waals surface area contributed by atoms with Gasteiger partial charge in [-0.1, -0.05) is 77.8 Å². The summed E-state index contributed by atoms with van der Waals surface area (Å²) in [5.74, 6) is -0.0225. The van der Waals surface area contributed by atoms with Crippen LogP contribution in [0.25, 0.3) is 0 Å². The molecular weight excluding hydrogens is 531 g/mol. The van der Waals surface area contributed by atoms with E-state index >= 15 is 0 Å². The second-order valence-electron chi connectivity index (χ2n) is 8.12. The number of para-hydroxylation sites is 2. The predicted molar refractivity (Wildman–Crippen MR) is 147 cm³/mol. The van der Waals surface area contributed by atoms with Crippen molar-refractivity contribution in [1.29, 1.82) is 0 Å². The van der Waals surface area contributed by atoms with Crippen molar-refractivity contribution in [3.05, 3.63) is 124 Å². The summed E-state index contributed by atoms with van der Waals surface area (Å²) in [6, 6.07) is 27.1. The third-order valence-corrected chi connectivity index (χ3v) is 8.00. The number of carbonyl (C=O) groups is 1. The maximum atomic E-state index is 13.9. The highest BCUT2D eigenvalue weighted by Crippen LogP contribution is 2.34. The Morgan fingerprint density at radius 2 is 1.62 bits per heavy atom. The molecule has 4 aromatic carbocycles. The van der Waals surface area contributed by atoms with Gasteiger partial charge in [0.25, 0.3) is 15.9 Å². The third kappa shape index (κ3) is 6.25. The first-order valence-electron chi connectivity index (χ1n) is 11.3. The number of amides is 1. The Hall–Kier alpha value is -3.52. The second kappa shape index (κ2) is 11.7. The fraction of sp³-hybridized carbons (Fsp3) is 0.107. The molecule has 0 aromatic heterocycles. The smallest absolute Gasteiger partial charge is 0.264 e. The summed E-state index contributed by atoms with van der Waals surface area (Å²) in [4.78, 5) is 12.9. The highest BCUT2D eigenvalue weighted by molar-refractivity contribution is 7.92. The quantitative estimate of drug-likeness (QED) is 0.262. The lowest BCUT2D eigenvalue weighted by molar-refractivity contribution is 0.0950. The topological polar surface area (TPSA) is 75.7 Å². The van der Waals surface area contributed by atoms with Gasteiger partial charge in [-0.2, -0.15) is 0 Å². The SMILES string of the molecule is COc1ccccc1N(Cc1ccccc1)S(=O)(=O)c1cccc(C(=O)NCc2ccc(Cl)cc2Cl)c1. The van der Waals surface area contributed by atoms with Gasteiger partial charge in [0.05, 0.1) is 24.2 Å². The molecule has 1 amide bonds. The number of methoxy groups -OCH3 is 1. The molecule has 37 heavy (non-hydrogen) atoms. The van der Waals surface area contributed by atoms with Crippen LogP contribution < -0.4 is 14.4 Å². The summed E-state index contributed by atoms with van der Waals surface area (Å²) in [7, 11) is -2.59. The molecule has 0 radical (unpaired) electrons. The number of benzene rings is 4. The summed E-state index contributed by atoms with van der Waals surface area (Å²) in [6.07, 6.45) is 0. The van der Waals surface area contributed by atoms with Crippen molar-refractivity contribution in [2.24, 2.45) is 0 Å². The van der Waals surface area contributed by atoms with Crippen LogP contribution in [0.5, 0.6) is 5.75 Å². The number of ether oxygens (including phenoxy) is 1. The highest BCUT2D eigenvalue weighted by atomic mass is 35.5. The van der Waals surface area contributed by atoms with Crippen LogP contribution in [-0.4, -0.2) is 21.4 Å². The summed E-state index contributed by atoms with van der Waals surface area (Å²) >= 11 is 12.1. The van der Waals surface area contributed by atoms with E-state index in [-0.39, 0.29) is 23.5 Å². The van der Waals surface area contributed by atoms with E-state index in [2.05, 4.69) is 5.32 Å². The predicted octanol–water partition coefficient (Wildman–Crippen LogP) is 6.33. The van der Waals surface area contributed by atoms with Crippen LogP contribution in [-0.2, 0) is 23.1 Å². The number of hydrogen-bond donors (Lipinski definition) is 1. The lowest BCUT2D eigenvalue weighted by atomic mass is 10.2. The molecule has 9 heteroatoms. The Morgan fingerprint density at radius 1 is 0.892 bits per heavy atom. The molecule has 4 aromatic rings. The minimum Gasteiger partial charge on any atom is -0.495 e. The zero-order chi connectivity index (χ0) is 26.4. The first-order chi connectivity index (χ1) is 17.8. The molecule has 0 saturated carbocycles. The molecule has 0 spiro atoms. The molecule has 1 N–H and O–H groups in total. The summed E-state index contributed by atoms with van der Waals surface area (Å²) in [5, 5.41) is 3.70. The Kier molecular flexibility index (Phi) is 8.38. The molecule has 6 nitrogen and oxygen atoms in total. The minimum atomic E-state index is -4.08. The van der Waals surface area contributed by atoms with Gasteiger partial charge in [-0.05, 0) is 53.6 Å². The van der Waals surface area contributed by atoms with Gasteiger partial charge in [0.15, 0.2) is 0 Å².